The lowest BCUT2D eigenvalue weighted by atomic mass is 10.0. The third-order valence-electron chi connectivity index (χ3n) is 4.24. The molecule has 0 atom stereocenters. The monoisotopic (exact) mass is 438 g/mol. The van der Waals surface area contributed by atoms with Crippen molar-refractivity contribution in [3.8, 4) is 11.3 Å². The minimum Gasteiger partial charge on any atom is -0.298 e. The van der Waals surface area contributed by atoms with E-state index in [1.807, 2.05) is 36.4 Å². The van der Waals surface area contributed by atoms with Crippen molar-refractivity contribution >= 4 is 27.5 Å². The molecule has 0 aliphatic heterocycles. The number of aromatic nitrogens is 2. The van der Waals surface area contributed by atoms with Gasteiger partial charge in [0.05, 0.1) is 11.4 Å². The Morgan fingerprint density at radius 1 is 1.11 bits per heavy atom. The highest BCUT2D eigenvalue weighted by molar-refractivity contribution is 9.10. The molecule has 0 fully saturated rings. The summed E-state index contributed by atoms with van der Waals surface area (Å²) in [5, 5.41) is 7.04. The molecule has 5 nitrogen and oxygen atoms in total. The SMILES string of the molecule is C=C(NNC(=O)c1cc(-c2ccc(CC(C)C)cc2)n[nH]1)c1ccc(Br)cc1. The van der Waals surface area contributed by atoms with Gasteiger partial charge in [0.1, 0.15) is 5.69 Å². The van der Waals surface area contributed by atoms with Crippen LogP contribution < -0.4 is 10.9 Å². The van der Waals surface area contributed by atoms with E-state index in [0.717, 1.165) is 27.7 Å². The third kappa shape index (κ3) is 5.10. The van der Waals surface area contributed by atoms with Gasteiger partial charge in [-0.25, -0.2) is 0 Å². The molecule has 0 unspecified atom stereocenters. The second kappa shape index (κ2) is 8.89. The third-order valence-corrected chi connectivity index (χ3v) is 4.76. The lowest BCUT2D eigenvalue weighted by Gasteiger charge is -2.10. The summed E-state index contributed by atoms with van der Waals surface area (Å²) in [6.07, 6.45) is 1.04. The van der Waals surface area contributed by atoms with Crippen LogP contribution in [-0.2, 0) is 6.42 Å². The number of aromatic amines is 1. The van der Waals surface area contributed by atoms with Crippen LogP contribution in [0.25, 0.3) is 17.0 Å². The van der Waals surface area contributed by atoms with Gasteiger partial charge in [-0.2, -0.15) is 5.10 Å². The Morgan fingerprint density at radius 3 is 2.43 bits per heavy atom. The first-order valence-corrected chi connectivity index (χ1v) is 9.87. The van der Waals surface area contributed by atoms with Gasteiger partial charge in [0.15, 0.2) is 0 Å². The van der Waals surface area contributed by atoms with E-state index in [9.17, 15) is 4.79 Å². The number of hydrogen-bond acceptors (Lipinski definition) is 3. The van der Waals surface area contributed by atoms with Gasteiger partial charge in [0.25, 0.3) is 5.91 Å². The highest BCUT2D eigenvalue weighted by atomic mass is 79.9. The Morgan fingerprint density at radius 2 is 1.79 bits per heavy atom. The lowest BCUT2D eigenvalue weighted by molar-refractivity contribution is 0.0937. The van der Waals surface area contributed by atoms with Gasteiger partial charge in [0, 0.05) is 10.0 Å². The first-order valence-electron chi connectivity index (χ1n) is 9.08. The number of amides is 1. The molecule has 144 valence electrons. The summed E-state index contributed by atoms with van der Waals surface area (Å²) >= 11 is 3.39. The summed E-state index contributed by atoms with van der Waals surface area (Å²) in [4.78, 5) is 12.4. The van der Waals surface area contributed by atoms with Crippen molar-refractivity contribution in [1.29, 1.82) is 0 Å². The topological polar surface area (TPSA) is 69.8 Å². The fourth-order valence-corrected chi connectivity index (χ4v) is 3.06. The van der Waals surface area contributed by atoms with E-state index in [2.05, 4.69) is 69.5 Å². The number of nitrogens with one attached hydrogen (secondary N) is 3. The van der Waals surface area contributed by atoms with Crippen LogP contribution in [0.15, 0.2) is 65.6 Å². The van der Waals surface area contributed by atoms with Gasteiger partial charge in [-0.05, 0) is 41.7 Å². The molecule has 0 aliphatic rings. The number of hydrazine groups is 1. The first kappa shape index (κ1) is 19.9. The second-order valence-electron chi connectivity index (χ2n) is 7.03. The number of carbonyl (C=O) groups excluding carboxylic acids is 1. The fraction of sp³-hybridized carbons (Fsp3) is 0.182. The number of H-pyrrole nitrogens is 1. The summed E-state index contributed by atoms with van der Waals surface area (Å²) in [7, 11) is 0. The highest BCUT2D eigenvalue weighted by Crippen LogP contribution is 2.20. The molecule has 0 saturated heterocycles. The molecule has 0 bridgehead atoms. The van der Waals surface area contributed by atoms with E-state index >= 15 is 0 Å². The number of rotatable bonds is 7. The molecule has 6 heteroatoms. The fourth-order valence-electron chi connectivity index (χ4n) is 2.79. The Labute approximate surface area is 173 Å². The van der Waals surface area contributed by atoms with Crippen LogP contribution in [0.2, 0.25) is 0 Å². The van der Waals surface area contributed by atoms with Crippen LogP contribution >= 0.6 is 15.9 Å². The van der Waals surface area contributed by atoms with Crippen LogP contribution in [-0.4, -0.2) is 16.1 Å². The van der Waals surface area contributed by atoms with Gasteiger partial charge in [0.2, 0.25) is 0 Å². The van der Waals surface area contributed by atoms with Crippen LogP contribution in [0.1, 0.15) is 35.5 Å². The predicted molar refractivity (Wildman–Crippen MR) is 116 cm³/mol. The Hall–Kier alpha value is -2.86. The predicted octanol–water partition coefficient (Wildman–Crippen LogP) is 4.94. The van der Waals surface area contributed by atoms with Gasteiger partial charge in [-0.3, -0.25) is 20.7 Å². The van der Waals surface area contributed by atoms with Crippen molar-refractivity contribution in [3.63, 3.8) is 0 Å². The highest BCUT2D eigenvalue weighted by Gasteiger charge is 2.11. The average molecular weight is 439 g/mol. The Kier molecular flexibility index (Phi) is 6.31. The molecule has 3 aromatic rings. The minimum absolute atomic E-state index is 0.312. The summed E-state index contributed by atoms with van der Waals surface area (Å²) < 4.78 is 0.982. The molecule has 3 N–H and O–H groups in total. The molecule has 0 radical (unpaired) electrons. The van der Waals surface area contributed by atoms with Crippen LogP contribution in [0.3, 0.4) is 0 Å². The van der Waals surface area contributed by atoms with Crippen molar-refractivity contribution in [2.24, 2.45) is 5.92 Å². The Bertz CT molecular complexity index is 959. The summed E-state index contributed by atoms with van der Waals surface area (Å²) in [6, 6.07) is 17.6. The summed E-state index contributed by atoms with van der Waals surface area (Å²) in [5.41, 5.74) is 10.3. The van der Waals surface area contributed by atoms with Crippen molar-refractivity contribution in [2.45, 2.75) is 20.3 Å². The van der Waals surface area contributed by atoms with Crippen molar-refractivity contribution in [1.82, 2.24) is 21.0 Å². The average Bonchev–Trinajstić information content (AvgIpc) is 3.17. The smallest absolute Gasteiger partial charge is 0.287 e. The van der Waals surface area contributed by atoms with Crippen LogP contribution in [0, 0.1) is 5.92 Å². The van der Waals surface area contributed by atoms with E-state index in [1.165, 1.54) is 5.56 Å². The molecule has 1 amide bonds. The molecule has 0 aliphatic carbocycles. The maximum Gasteiger partial charge on any atom is 0.287 e. The molecule has 0 saturated carbocycles. The van der Waals surface area contributed by atoms with Gasteiger partial charge in [-0.15, -0.1) is 0 Å². The maximum atomic E-state index is 12.4. The van der Waals surface area contributed by atoms with Crippen LogP contribution in [0.4, 0.5) is 0 Å². The van der Waals surface area contributed by atoms with Crippen LogP contribution in [0.5, 0.6) is 0 Å². The molecular weight excluding hydrogens is 416 g/mol. The minimum atomic E-state index is -0.312. The zero-order chi connectivity index (χ0) is 20.1. The molecule has 28 heavy (non-hydrogen) atoms. The van der Waals surface area contributed by atoms with Gasteiger partial charge in [-0.1, -0.05) is 72.8 Å². The molecule has 3 rings (SSSR count). The number of carbonyl (C=O) groups is 1. The second-order valence-corrected chi connectivity index (χ2v) is 7.94. The molecule has 1 heterocycles. The Balaban J connectivity index is 1.60. The largest absolute Gasteiger partial charge is 0.298 e. The maximum absolute atomic E-state index is 12.4. The van der Waals surface area contributed by atoms with E-state index in [0.29, 0.717) is 17.3 Å². The van der Waals surface area contributed by atoms with E-state index in [4.69, 9.17) is 0 Å². The number of hydrogen-bond donors (Lipinski definition) is 3. The molecule has 2 aromatic carbocycles. The van der Waals surface area contributed by atoms with Gasteiger partial charge >= 0.3 is 0 Å². The number of nitrogens with zero attached hydrogens (tertiary/aromatic N) is 1. The standard InChI is InChI=1S/C22H23BrN4O/c1-14(2)12-16-4-6-18(7-5-16)20-13-21(26-25-20)22(28)27-24-15(3)17-8-10-19(23)11-9-17/h4-11,13-14,24H,3,12H2,1-2H3,(H,25,26)(H,27,28). The normalized spacial score (nSPS) is 10.7. The van der Waals surface area contributed by atoms with Crippen molar-refractivity contribution in [3.05, 3.63) is 82.5 Å². The van der Waals surface area contributed by atoms with E-state index < -0.39 is 0 Å². The van der Waals surface area contributed by atoms with Gasteiger partial charge < -0.3 is 0 Å². The summed E-state index contributed by atoms with van der Waals surface area (Å²) in [6.45, 7) is 8.34. The zero-order valence-corrected chi connectivity index (χ0v) is 17.5. The van der Waals surface area contributed by atoms with Crippen molar-refractivity contribution < 1.29 is 4.79 Å². The lowest BCUT2D eigenvalue weighted by Crippen LogP contribution is -2.36. The summed E-state index contributed by atoms with van der Waals surface area (Å²) in [5.74, 6) is 0.305. The van der Waals surface area contributed by atoms with E-state index in [-0.39, 0.29) is 5.91 Å². The number of halogens is 1. The molecule has 1 aromatic heterocycles. The zero-order valence-electron chi connectivity index (χ0n) is 15.9. The number of benzene rings is 2. The van der Waals surface area contributed by atoms with E-state index in [1.54, 1.807) is 6.07 Å². The molecular formula is C22H23BrN4O. The quantitative estimate of drug-likeness (QED) is 0.457. The molecule has 0 spiro atoms. The first-order chi connectivity index (χ1) is 13.4. The van der Waals surface area contributed by atoms with Crippen molar-refractivity contribution in [2.75, 3.05) is 0 Å².